The van der Waals surface area contributed by atoms with Crippen molar-refractivity contribution in [2.24, 2.45) is 5.41 Å². The largest absolute Gasteiger partial charge is 0.465 e. The number of aryl methyl sites for hydroxylation is 1. The third kappa shape index (κ3) is 4.99. The molecule has 2 aliphatic heterocycles. The maximum atomic E-state index is 12.7. The number of fused-ring (bicyclic) bond motifs is 3. The zero-order valence-electron chi connectivity index (χ0n) is 22.3. The number of benzene rings is 1. The summed E-state index contributed by atoms with van der Waals surface area (Å²) in [6, 6.07) is 9.49. The molecule has 2 fully saturated rings. The Labute approximate surface area is 222 Å². The molecule has 3 aromatic rings. The van der Waals surface area contributed by atoms with Crippen LogP contribution in [0.5, 0.6) is 0 Å². The Hall–Kier alpha value is -3.46. The highest BCUT2D eigenvalue weighted by Crippen LogP contribution is 2.36. The maximum absolute atomic E-state index is 12.7. The minimum atomic E-state index is -0.860. The molecule has 9 nitrogen and oxygen atoms in total. The van der Waals surface area contributed by atoms with Crippen LogP contribution >= 0.6 is 0 Å². The molecule has 3 atom stereocenters. The number of pyridine rings is 1. The molecule has 2 aliphatic rings. The Kier molecular flexibility index (Phi) is 7.13. The standard InChI is InChI=1S/C29H36N4O5/c1-29(2,3)23-17-19(13-15-32(23)28(36)37)38-16-6-7-18-12-14-30-26-25(18)20-8-4-5-9-21(20)33(26)22-10-11-24(34)31-27(22)35/h4-5,8-9,12,14,19,22-23H,6-7,10-11,13,15-17H2,1-3H3,(H,36,37)(H,31,34,35). The average Bonchev–Trinajstić information content (AvgIpc) is 3.21. The molecule has 2 N–H and O–H groups in total. The fourth-order valence-electron chi connectivity index (χ4n) is 6.07. The zero-order valence-corrected chi connectivity index (χ0v) is 22.3. The van der Waals surface area contributed by atoms with Gasteiger partial charge in [-0.15, -0.1) is 0 Å². The molecular formula is C29H36N4O5. The molecule has 4 heterocycles. The van der Waals surface area contributed by atoms with Crippen LogP contribution in [0.4, 0.5) is 4.79 Å². The molecule has 5 rings (SSSR count). The molecule has 0 spiro atoms. The van der Waals surface area contributed by atoms with E-state index in [2.05, 4.69) is 37.1 Å². The number of nitrogens with one attached hydrogen (secondary N) is 1. The van der Waals surface area contributed by atoms with E-state index in [9.17, 15) is 19.5 Å². The summed E-state index contributed by atoms with van der Waals surface area (Å²) in [6.07, 6.45) is 4.75. The third-order valence-electron chi connectivity index (χ3n) is 7.94. The first kappa shape index (κ1) is 26.2. The first-order valence-electron chi connectivity index (χ1n) is 13.5. The van der Waals surface area contributed by atoms with E-state index in [-0.39, 0.29) is 29.4 Å². The van der Waals surface area contributed by atoms with Gasteiger partial charge in [0.05, 0.1) is 11.6 Å². The predicted octanol–water partition coefficient (Wildman–Crippen LogP) is 4.67. The first-order chi connectivity index (χ1) is 18.1. The minimum Gasteiger partial charge on any atom is -0.465 e. The lowest BCUT2D eigenvalue weighted by Gasteiger charge is -2.44. The number of hydrogen-bond donors (Lipinski definition) is 2. The third-order valence-corrected chi connectivity index (χ3v) is 7.94. The fraction of sp³-hybridized carbons (Fsp3) is 0.517. The van der Waals surface area contributed by atoms with Crippen LogP contribution in [0, 0.1) is 5.41 Å². The highest BCUT2D eigenvalue weighted by atomic mass is 16.5. The van der Waals surface area contributed by atoms with Gasteiger partial charge in [-0.1, -0.05) is 39.0 Å². The summed E-state index contributed by atoms with van der Waals surface area (Å²) in [5, 5.41) is 14.2. The van der Waals surface area contributed by atoms with Crippen molar-refractivity contribution in [3.8, 4) is 0 Å². The van der Waals surface area contributed by atoms with E-state index in [4.69, 9.17) is 4.74 Å². The van der Waals surface area contributed by atoms with Gasteiger partial charge in [-0.25, -0.2) is 9.78 Å². The first-order valence-corrected chi connectivity index (χ1v) is 13.5. The van der Waals surface area contributed by atoms with E-state index >= 15 is 0 Å². The maximum Gasteiger partial charge on any atom is 0.407 e. The number of carbonyl (C=O) groups excluding carboxylic acids is 2. The molecular weight excluding hydrogens is 484 g/mol. The zero-order chi connectivity index (χ0) is 27.0. The van der Waals surface area contributed by atoms with Crippen LogP contribution in [-0.4, -0.2) is 62.8 Å². The van der Waals surface area contributed by atoms with Crippen molar-refractivity contribution < 1.29 is 24.2 Å². The van der Waals surface area contributed by atoms with E-state index < -0.39 is 12.1 Å². The Bertz CT molecular complexity index is 1370. The second kappa shape index (κ2) is 10.4. The topological polar surface area (TPSA) is 114 Å². The van der Waals surface area contributed by atoms with Gasteiger partial charge in [0.1, 0.15) is 11.7 Å². The summed E-state index contributed by atoms with van der Waals surface area (Å²) < 4.78 is 8.24. The summed E-state index contributed by atoms with van der Waals surface area (Å²) in [5.41, 5.74) is 2.69. The quantitative estimate of drug-likeness (QED) is 0.361. The van der Waals surface area contributed by atoms with Crippen LogP contribution in [0.1, 0.15) is 64.5 Å². The number of ether oxygens (including phenoxy) is 1. The average molecular weight is 521 g/mol. The second-order valence-electron chi connectivity index (χ2n) is 11.5. The predicted molar refractivity (Wildman–Crippen MR) is 144 cm³/mol. The normalized spacial score (nSPS) is 22.7. The number of rotatable bonds is 6. The number of likely N-dealkylation sites (tertiary alicyclic amines) is 1. The van der Waals surface area contributed by atoms with Crippen molar-refractivity contribution >= 4 is 39.8 Å². The number of amides is 3. The highest BCUT2D eigenvalue weighted by molar-refractivity contribution is 6.10. The van der Waals surface area contributed by atoms with Crippen molar-refractivity contribution in [1.29, 1.82) is 0 Å². The lowest BCUT2D eigenvalue weighted by Crippen LogP contribution is -2.53. The van der Waals surface area contributed by atoms with Gasteiger partial charge in [0.2, 0.25) is 11.8 Å². The molecule has 0 aliphatic carbocycles. The Morgan fingerprint density at radius 2 is 1.97 bits per heavy atom. The molecule has 0 radical (unpaired) electrons. The van der Waals surface area contributed by atoms with Gasteiger partial charge in [0, 0.05) is 42.6 Å². The van der Waals surface area contributed by atoms with Gasteiger partial charge in [0.25, 0.3) is 0 Å². The number of para-hydroxylation sites is 1. The summed E-state index contributed by atoms with van der Waals surface area (Å²) in [5.74, 6) is -0.518. The Balaban J connectivity index is 1.32. The number of hydrogen-bond acceptors (Lipinski definition) is 5. The lowest BCUT2D eigenvalue weighted by atomic mass is 9.80. The van der Waals surface area contributed by atoms with Gasteiger partial charge in [-0.3, -0.25) is 14.9 Å². The molecule has 1 aromatic carbocycles. The van der Waals surface area contributed by atoms with E-state index in [1.165, 1.54) is 0 Å². The van der Waals surface area contributed by atoms with Gasteiger partial charge >= 0.3 is 6.09 Å². The molecule has 0 bridgehead atoms. The van der Waals surface area contributed by atoms with Gasteiger partial charge in [0.15, 0.2) is 0 Å². The molecule has 38 heavy (non-hydrogen) atoms. The van der Waals surface area contributed by atoms with Crippen LogP contribution < -0.4 is 5.32 Å². The van der Waals surface area contributed by atoms with Crippen molar-refractivity contribution in [2.75, 3.05) is 13.2 Å². The van der Waals surface area contributed by atoms with E-state index in [0.717, 1.165) is 40.3 Å². The van der Waals surface area contributed by atoms with Crippen LogP contribution in [0.15, 0.2) is 36.5 Å². The number of imide groups is 1. The van der Waals surface area contributed by atoms with E-state index in [0.29, 0.717) is 38.8 Å². The van der Waals surface area contributed by atoms with E-state index in [1.807, 2.05) is 28.8 Å². The number of piperidine rings is 2. The van der Waals surface area contributed by atoms with Gasteiger partial charge in [-0.2, -0.15) is 0 Å². The van der Waals surface area contributed by atoms with Crippen LogP contribution in [0.25, 0.3) is 21.9 Å². The summed E-state index contributed by atoms with van der Waals surface area (Å²) in [6.45, 7) is 7.32. The molecule has 2 aromatic heterocycles. The molecule has 2 saturated heterocycles. The SMILES string of the molecule is CC(C)(C)C1CC(OCCCc2ccnc3c2c2ccccc2n3C2CCC(=O)NC2=O)CCN1C(=O)O. The van der Waals surface area contributed by atoms with Gasteiger partial charge < -0.3 is 19.3 Å². The Morgan fingerprint density at radius 3 is 2.71 bits per heavy atom. The lowest BCUT2D eigenvalue weighted by molar-refractivity contribution is -0.135. The van der Waals surface area contributed by atoms with Crippen LogP contribution in [0.3, 0.4) is 0 Å². The molecule has 202 valence electrons. The number of carbonyl (C=O) groups is 3. The number of nitrogens with zero attached hydrogens (tertiary/aromatic N) is 3. The van der Waals surface area contributed by atoms with Gasteiger partial charge in [-0.05, 0) is 55.2 Å². The van der Waals surface area contributed by atoms with Crippen molar-refractivity contribution in [3.63, 3.8) is 0 Å². The molecule has 9 heteroatoms. The summed E-state index contributed by atoms with van der Waals surface area (Å²) in [4.78, 5) is 42.4. The second-order valence-corrected chi connectivity index (χ2v) is 11.5. The molecule has 3 amide bonds. The smallest absolute Gasteiger partial charge is 0.407 e. The van der Waals surface area contributed by atoms with Crippen LogP contribution in [0.2, 0.25) is 0 Å². The Morgan fingerprint density at radius 1 is 1.18 bits per heavy atom. The molecule has 3 unspecified atom stereocenters. The fourth-order valence-corrected chi connectivity index (χ4v) is 6.07. The van der Waals surface area contributed by atoms with E-state index in [1.54, 1.807) is 11.1 Å². The number of aromatic nitrogens is 2. The van der Waals surface area contributed by atoms with Crippen molar-refractivity contribution in [1.82, 2.24) is 19.8 Å². The van der Waals surface area contributed by atoms with Crippen molar-refractivity contribution in [3.05, 3.63) is 42.1 Å². The molecule has 0 saturated carbocycles. The number of carboxylic acid groups (broad SMARTS) is 1. The monoisotopic (exact) mass is 520 g/mol. The summed E-state index contributed by atoms with van der Waals surface area (Å²) >= 11 is 0. The summed E-state index contributed by atoms with van der Waals surface area (Å²) in [7, 11) is 0. The van der Waals surface area contributed by atoms with Crippen molar-refractivity contribution in [2.45, 2.75) is 77.5 Å². The highest BCUT2D eigenvalue weighted by Gasteiger charge is 2.39. The minimum absolute atomic E-state index is 0.0433. The van der Waals surface area contributed by atoms with Crippen LogP contribution in [-0.2, 0) is 20.7 Å².